The number of nitrogens with one attached hydrogen (secondary N) is 1. The van der Waals surface area contributed by atoms with Crippen molar-refractivity contribution in [3.05, 3.63) is 64.7 Å². The molecule has 2 aromatic carbocycles. The van der Waals surface area contributed by atoms with Gasteiger partial charge in [0.1, 0.15) is 6.54 Å². The number of hydrogen-bond donors (Lipinski definition) is 1. The third kappa shape index (κ3) is 7.73. The van der Waals surface area contributed by atoms with Crippen molar-refractivity contribution in [3.63, 3.8) is 0 Å². The van der Waals surface area contributed by atoms with Crippen LogP contribution in [-0.2, 0) is 20.6 Å². The first-order valence-corrected chi connectivity index (χ1v) is 12.3. The van der Waals surface area contributed by atoms with Gasteiger partial charge in [-0.15, -0.1) is 0 Å². The molecule has 5 nitrogen and oxygen atoms in total. The first kappa shape index (κ1) is 22.6. The summed E-state index contributed by atoms with van der Waals surface area (Å²) in [5, 5.41) is 3.20. The molecule has 0 unspecified atom stereocenters. The number of carbonyl (C=O) groups excluding carboxylic acids is 1. The van der Waals surface area contributed by atoms with Crippen LogP contribution in [0, 0.1) is 6.92 Å². The Kier molecular flexibility index (Phi) is 8.66. The van der Waals surface area contributed by atoms with E-state index in [-0.39, 0.29) is 12.5 Å². The molecule has 0 radical (unpaired) electrons. The van der Waals surface area contributed by atoms with Crippen LogP contribution in [0.3, 0.4) is 0 Å². The minimum Gasteiger partial charge on any atom is -0.354 e. The third-order valence-electron chi connectivity index (χ3n) is 3.96. The Morgan fingerprint density at radius 2 is 1.89 bits per heavy atom. The smallest absolute Gasteiger partial charge is 0.240 e. The number of amides is 1. The second-order valence-corrected chi connectivity index (χ2v) is 9.94. The van der Waals surface area contributed by atoms with E-state index in [4.69, 9.17) is 11.6 Å². The number of sulfonamides is 1. The highest BCUT2D eigenvalue weighted by molar-refractivity contribution is 7.98. The lowest BCUT2D eigenvalue weighted by Gasteiger charge is -2.22. The summed E-state index contributed by atoms with van der Waals surface area (Å²) < 4.78 is 25.2. The van der Waals surface area contributed by atoms with Gasteiger partial charge in [0.2, 0.25) is 15.9 Å². The third-order valence-corrected chi connectivity index (χ3v) is 6.45. The van der Waals surface area contributed by atoms with Crippen LogP contribution in [0.1, 0.15) is 17.5 Å². The fourth-order valence-electron chi connectivity index (χ4n) is 2.49. The van der Waals surface area contributed by atoms with Crippen molar-refractivity contribution in [2.75, 3.05) is 29.4 Å². The van der Waals surface area contributed by atoms with Crippen molar-refractivity contribution in [1.82, 2.24) is 5.32 Å². The number of rotatable bonds is 10. The van der Waals surface area contributed by atoms with E-state index in [0.717, 1.165) is 28.5 Å². The number of thioether (sulfide) groups is 1. The molecular formula is C20H25ClN2O3S2. The molecule has 1 amide bonds. The zero-order valence-corrected chi connectivity index (χ0v) is 18.4. The maximum absolute atomic E-state index is 12.2. The van der Waals surface area contributed by atoms with Gasteiger partial charge < -0.3 is 5.32 Å². The molecule has 8 heteroatoms. The number of carbonyl (C=O) groups is 1. The lowest BCUT2D eigenvalue weighted by molar-refractivity contribution is -0.119. The molecule has 0 aliphatic rings. The number of anilines is 1. The topological polar surface area (TPSA) is 66.5 Å². The normalized spacial score (nSPS) is 11.2. The monoisotopic (exact) mass is 440 g/mol. The molecule has 0 saturated carbocycles. The van der Waals surface area contributed by atoms with Crippen molar-refractivity contribution in [3.8, 4) is 0 Å². The van der Waals surface area contributed by atoms with Crippen LogP contribution in [0.4, 0.5) is 5.69 Å². The predicted octanol–water partition coefficient (Wildman–Crippen LogP) is 3.85. The van der Waals surface area contributed by atoms with Gasteiger partial charge in [-0.25, -0.2) is 8.42 Å². The van der Waals surface area contributed by atoms with Crippen molar-refractivity contribution in [2.45, 2.75) is 19.1 Å². The number of nitrogens with zero attached hydrogens (tertiary/aromatic N) is 1. The highest BCUT2D eigenvalue weighted by atomic mass is 35.5. The number of hydrogen-bond acceptors (Lipinski definition) is 4. The van der Waals surface area contributed by atoms with Gasteiger partial charge in [-0.2, -0.15) is 11.8 Å². The van der Waals surface area contributed by atoms with Crippen molar-refractivity contribution < 1.29 is 13.2 Å². The van der Waals surface area contributed by atoms with Crippen LogP contribution in [0.15, 0.2) is 48.5 Å². The van der Waals surface area contributed by atoms with Crippen LogP contribution in [0.25, 0.3) is 0 Å². The number of benzene rings is 2. The molecule has 0 heterocycles. The average Bonchev–Trinajstić information content (AvgIpc) is 2.63. The fraction of sp³-hybridized carbons (Fsp3) is 0.350. The molecular weight excluding hydrogens is 416 g/mol. The first-order valence-electron chi connectivity index (χ1n) is 8.89. The zero-order valence-electron chi connectivity index (χ0n) is 16.0. The SMILES string of the molecule is Cc1ccc(CSCCCNC(=O)CN(c2cccc(Cl)c2)S(C)(=O)=O)cc1. The largest absolute Gasteiger partial charge is 0.354 e. The summed E-state index contributed by atoms with van der Waals surface area (Å²) in [5.41, 5.74) is 2.90. The van der Waals surface area contributed by atoms with E-state index in [0.29, 0.717) is 17.3 Å². The minimum atomic E-state index is -3.59. The molecule has 0 spiro atoms. The van der Waals surface area contributed by atoms with Gasteiger partial charge in [0, 0.05) is 17.3 Å². The predicted molar refractivity (Wildman–Crippen MR) is 119 cm³/mol. The summed E-state index contributed by atoms with van der Waals surface area (Å²) in [6, 6.07) is 14.9. The molecule has 2 aromatic rings. The van der Waals surface area contributed by atoms with Crippen LogP contribution >= 0.6 is 23.4 Å². The highest BCUT2D eigenvalue weighted by Crippen LogP contribution is 2.21. The minimum absolute atomic E-state index is 0.268. The highest BCUT2D eigenvalue weighted by Gasteiger charge is 2.20. The molecule has 152 valence electrons. The van der Waals surface area contributed by atoms with Crippen molar-refractivity contribution in [2.24, 2.45) is 0 Å². The van der Waals surface area contributed by atoms with E-state index < -0.39 is 10.0 Å². The van der Waals surface area contributed by atoms with Crippen LogP contribution in [0.2, 0.25) is 5.02 Å². The summed E-state index contributed by atoms with van der Waals surface area (Å²) in [6.07, 6.45) is 1.89. The van der Waals surface area contributed by atoms with E-state index in [9.17, 15) is 13.2 Å². The van der Waals surface area contributed by atoms with Gasteiger partial charge in [-0.1, -0.05) is 47.5 Å². The molecule has 0 aliphatic carbocycles. The Bertz CT molecular complexity index is 887. The van der Waals surface area contributed by atoms with Crippen LogP contribution in [0.5, 0.6) is 0 Å². The Labute approximate surface area is 176 Å². The van der Waals surface area contributed by atoms with Gasteiger partial charge in [0.05, 0.1) is 11.9 Å². The summed E-state index contributed by atoms with van der Waals surface area (Å²) in [4.78, 5) is 12.2. The fourth-order valence-corrected chi connectivity index (χ4v) is 4.45. The molecule has 0 saturated heterocycles. The molecule has 0 aromatic heterocycles. The molecule has 0 aliphatic heterocycles. The Morgan fingerprint density at radius 3 is 2.54 bits per heavy atom. The van der Waals surface area contributed by atoms with Gasteiger partial charge in [-0.05, 0) is 42.9 Å². The maximum atomic E-state index is 12.2. The molecule has 1 N–H and O–H groups in total. The van der Waals surface area contributed by atoms with E-state index in [1.165, 1.54) is 17.2 Å². The second kappa shape index (κ2) is 10.7. The summed E-state index contributed by atoms with van der Waals surface area (Å²) in [5.74, 6) is 1.51. The molecule has 2 rings (SSSR count). The zero-order chi connectivity index (χ0) is 20.6. The van der Waals surface area contributed by atoms with E-state index in [1.54, 1.807) is 18.2 Å². The van der Waals surface area contributed by atoms with E-state index in [2.05, 4.69) is 36.5 Å². The van der Waals surface area contributed by atoms with Gasteiger partial charge in [0.15, 0.2) is 0 Å². The lowest BCUT2D eigenvalue weighted by atomic mass is 10.2. The van der Waals surface area contributed by atoms with Crippen LogP contribution < -0.4 is 9.62 Å². The molecule has 0 bridgehead atoms. The van der Waals surface area contributed by atoms with E-state index in [1.807, 2.05) is 11.8 Å². The quantitative estimate of drug-likeness (QED) is 0.570. The Morgan fingerprint density at radius 1 is 1.18 bits per heavy atom. The average molecular weight is 441 g/mol. The molecule has 28 heavy (non-hydrogen) atoms. The molecule has 0 atom stereocenters. The second-order valence-electron chi connectivity index (χ2n) is 6.49. The van der Waals surface area contributed by atoms with E-state index >= 15 is 0 Å². The molecule has 0 fully saturated rings. The maximum Gasteiger partial charge on any atom is 0.240 e. The van der Waals surface area contributed by atoms with Gasteiger partial charge in [-0.3, -0.25) is 9.10 Å². The summed E-state index contributed by atoms with van der Waals surface area (Å²) in [7, 11) is -3.59. The Hall–Kier alpha value is -1.70. The van der Waals surface area contributed by atoms with Crippen molar-refractivity contribution >= 4 is 45.0 Å². The standard InChI is InChI=1S/C20H25ClN2O3S2/c1-16-7-9-17(10-8-16)15-27-12-4-11-22-20(24)14-23(28(2,25)26)19-6-3-5-18(21)13-19/h3,5-10,13H,4,11-12,14-15H2,1-2H3,(H,22,24). The van der Waals surface area contributed by atoms with Gasteiger partial charge >= 0.3 is 0 Å². The number of halogens is 1. The van der Waals surface area contributed by atoms with Crippen LogP contribution in [-0.4, -0.2) is 39.4 Å². The lowest BCUT2D eigenvalue weighted by Crippen LogP contribution is -2.40. The Balaban J connectivity index is 1.74. The first-order chi connectivity index (χ1) is 13.3. The van der Waals surface area contributed by atoms with Gasteiger partial charge in [0.25, 0.3) is 0 Å². The van der Waals surface area contributed by atoms with Crippen molar-refractivity contribution in [1.29, 1.82) is 0 Å². The number of aryl methyl sites for hydroxylation is 1. The summed E-state index contributed by atoms with van der Waals surface area (Å²) in [6.45, 7) is 2.31. The summed E-state index contributed by atoms with van der Waals surface area (Å²) >= 11 is 7.74.